The van der Waals surface area contributed by atoms with Crippen LogP contribution < -0.4 is 0 Å². The monoisotopic (exact) mass is 510 g/mol. The summed E-state index contributed by atoms with van der Waals surface area (Å²) >= 11 is -3.06. The number of carbonyl (C=O) groups is 1. The molecular weight excluding hydrogens is 477 g/mol. The van der Waals surface area contributed by atoms with E-state index in [1.54, 1.807) is 0 Å². The van der Waals surface area contributed by atoms with E-state index in [9.17, 15) is 9.90 Å². The summed E-state index contributed by atoms with van der Waals surface area (Å²) in [5, 5.41) is 13.0. The van der Waals surface area contributed by atoms with Crippen LogP contribution in [0, 0.1) is 6.92 Å². The molecule has 172 valence electrons. The number of rotatable bonds is 10. The molecule has 0 saturated carbocycles. The molecule has 4 aromatic carbocycles. The Labute approximate surface area is 205 Å². The molecule has 4 rings (SSSR count). The minimum atomic E-state index is -3.06. The van der Waals surface area contributed by atoms with E-state index in [1.807, 2.05) is 0 Å². The third-order valence-corrected chi connectivity index (χ3v) is 18.0. The number of hydrogen-bond donors (Lipinski definition) is 1. The molecule has 0 aliphatic rings. The molecule has 3 heteroatoms. The van der Waals surface area contributed by atoms with E-state index in [2.05, 4.69) is 122 Å². The zero-order valence-electron chi connectivity index (χ0n) is 19.7. The van der Waals surface area contributed by atoms with Crippen LogP contribution in [0.15, 0.2) is 115 Å². The van der Waals surface area contributed by atoms with Gasteiger partial charge in [0.15, 0.2) is 0 Å². The van der Waals surface area contributed by atoms with Crippen LogP contribution in [-0.2, 0) is 20.6 Å². The Morgan fingerprint density at radius 3 is 1.38 bits per heavy atom. The molecule has 4 aromatic rings. The van der Waals surface area contributed by atoms with Crippen LogP contribution in [-0.4, -0.2) is 24.3 Å². The molecule has 0 aromatic heterocycles. The van der Waals surface area contributed by atoms with E-state index in [4.69, 9.17) is 0 Å². The number of aliphatic carboxylic acids is 1. The van der Waals surface area contributed by atoms with Gasteiger partial charge in [-0.2, -0.15) is 0 Å². The first-order chi connectivity index (χ1) is 16.5. The van der Waals surface area contributed by atoms with Gasteiger partial charge in [-0.05, 0) is 0 Å². The van der Waals surface area contributed by atoms with Gasteiger partial charge < -0.3 is 0 Å². The standard InChI is InChI=1S/C31H32GeO2/c1-25-17-19-29(20-18-25)30(21-31(33)34)32(22-26-11-5-2-6-12-26,23-27-13-7-3-8-14-27)24-28-15-9-4-10-16-28/h2-20,30H,21-24H2,1H3,(H,33,34)/t30-/m0/s1. The van der Waals surface area contributed by atoms with E-state index in [0.717, 1.165) is 15.8 Å². The molecule has 0 saturated heterocycles. The summed E-state index contributed by atoms with van der Waals surface area (Å²) in [7, 11) is 0. The van der Waals surface area contributed by atoms with Crippen LogP contribution in [0.25, 0.3) is 0 Å². The second-order valence-corrected chi connectivity index (χ2v) is 18.8. The van der Waals surface area contributed by atoms with Gasteiger partial charge in [-0.1, -0.05) is 0 Å². The summed E-state index contributed by atoms with van der Waals surface area (Å²) in [6.45, 7) is 2.09. The summed E-state index contributed by atoms with van der Waals surface area (Å²) in [5.41, 5.74) is 6.33. The number of carboxylic acid groups (broad SMARTS) is 1. The van der Waals surface area contributed by atoms with E-state index >= 15 is 0 Å². The topological polar surface area (TPSA) is 37.3 Å². The van der Waals surface area contributed by atoms with Crippen LogP contribution in [0.4, 0.5) is 0 Å². The van der Waals surface area contributed by atoms with E-state index < -0.39 is 19.2 Å². The zero-order valence-corrected chi connectivity index (χ0v) is 21.8. The van der Waals surface area contributed by atoms with Crippen molar-refractivity contribution in [1.29, 1.82) is 0 Å². The van der Waals surface area contributed by atoms with Crippen molar-refractivity contribution < 1.29 is 9.90 Å². The van der Waals surface area contributed by atoms with Gasteiger partial charge >= 0.3 is 206 Å². The predicted molar refractivity (Wildman–Crippen MR) is 142 cm³/mol. The summed E-state index contributed by atoms with van der Waals surface area (Å²) in [6, 6.07) is 40.7. The van der Waals surface area contributed by atoms with E-state index in [1.165, 1.54) is 27.8 Å². The fourth-order valence-electron chi connectivity index (χ4n) is 5.23. The normalized spacial score (nSPS) is 12.3. The average Bonchev–Trinajstić information content (AvgIpc) is 2.85. The molecule has 2 nitrogen and oxygen atoms in total. The van der Waals surface area contributed by atoms with Crippen molar-refractivity contribution in [2.75, 3.05) is 0 Å². The zero-order chi connectivity index (χ0) is 23.8. The van der Waals surface area contributed by atoms with Crippen molar-refractivity contribution in [3.63, 3.8) is 0 Å². The summed E-state index contributed by atoms with van der Waals surface area (Å²) in [4.78, 5) is 12.3. The Morgan fingerprint density at radius 1 is 0.647 bits per heavy atom. The fraction of sp³-hybridized carbons (Fsp3) is 0.194. The maximum absolute atomic E-state index is 12.3. The Bertz CT molecular complexity index is 1070. The molecule has 0 bridgehead atoms. The third kappa shape index (κ3) is 6.27. The predicted octanol–water partition coefficient (Wildman–Crippen LogP) is 6.89. The first-order valence-corrected chi connectivity index (χ1v) is 17.6. The molecule has 0 fully saturated rings. The van der Waals surface area contributed by atoms with Crippen LogP contribution in [0.1, 0.15) is 39.0 Å². The Hall–Kier alpha value is -3.11. The molecule has 0 amide bonds. The first-order valence-electron chi connectivity index (χ1n) is 11.9. The molecule has 0 aliphatic heterocycles. The Kier molecular flexibility index (Phi) is 8.02. The number of aryl methyl sites for hydroxylation is 1. The van der Waals surface area contributed by atoms with Gasteiger partial charge in [0, 0.05) is 0 Å². The molecule has 0 heterocycles. The van der Waals surface area contributed by atoms with Gasteiger partial charge in [-0.3, -0.25) is 0 Å². The molecule has 1 atom stereocenters. The average molecular weight is 509 g/mol. The van der Waals surface area contributed by atoms with Crippen molar-refractivity contribution in [3.05, 3.63) is 143 Å². The van der Waals surface area contributed by atoms with Gasteiger partial charge in [0.25, 0.3) is 0 Å². The summed E-state index contributed by atoms with van der Waals surface area (Å²) < 4.78 is 0.0405. The maximum atomic E-state index is 12.3. The minimum absolute atomic E-state index is 0.0405. The van der Waals surface area contributed by atoms with E-state index in [-0.39, 0.29) is 11.2 Å². The summed E-state index contributed by atoms with van der Waals surface area (Å²) in [5.74, 6) is -0.713. The molecule has 34 heavy (non-hydrogen) atoms. The van der Waals surface area contributed by atoms with Crippen LogP contribution >= 0.6 is 0 Å². The van der Waals surface area contributed by atoms with Crippen molar-refractivity contribution >= 4 is 19.2 Å². The number of carboxylic acids is 1. The van der Waals surface area contributed by atoms with Crippen LogP contribution in [0.5, 0.6) is 0 Å². The fourth-order valence-corrected chi connectivity index (χ4v) is 17.3. The Morgan fingerprint density at radius 2 is 1.03 bits per heavy atom. The molecule has 0 radical (unpaired) electrons. The molecular formula is C31H32GeO2. The van der Waals surface area contributed by atoms with Gasteiger partial charge in [0.2, 0.25) is 0 Å². The van der Waals surface area contributed by atoms with Crippen molar-refractivity contribution in [1.82, 2.24) is 0 Å². The quantitative estimate of drug-likeness (QED) is 0.237. The van der Waals surface area contributed by atoms with Crippen molar-refractivity contribution in [2.45, 2.75) is 33.9 Å². The van der Waals surface area contributed by atoms with Crippen LogP contribution in [0.2, 0.25) is 0 Å². The second kappa shape index (κ2) is 11.3. The third-order valence-electron chi connectivity index (χ3n) is 6.79. The molecule has 0 unspecified atom stereocenters. The van der Waals surface area contributed by atoms with Gasteiger partial charge in [-0.15, -0.1) is 0 Å². The van der Waals surface area contributed by atoms with Crippen molar-refractivity contribution in [2.24, 2.45) is 0 Å². The Balaban J connectivity index is 1.90. The van der Waals surface area contributed by atoms with Gasteiger partial charge in [-0.25, -0.2) is 0 Å². The molecule has 0 spiro atoms. The SMILES string of the molecule is Cc1ccc([C@H](CC(=O)O)[Ge]([CH2]c2ccccc2)([CH2]c2ccccc2)[CH2]c2ccccc2)cc1. The number of hydrogen-bond acceptors (Lipinski definition) is 1. The van der Waals surface area contributed by atoms with Gasteiger partial charge in [0.05, 0.1) is 0 Å². The first kappa shape index (κ1) is 24.0. The van der Waals surface area contributed by atoms with Crippen molar-refractivity contribution in [3.8, 4) is 0 Å². The summed E-state index contributed by atoms with van der Waals surface area (Å²) in [6.07, 6.45) is 0.176. The van der Waals surface area contributed by atoms with Crippen LogP contribution in [0.3, 0.4) is 0 Å². The van der Waals surface area contributed by atoms with Gasteiger partial charge in [0.1, 0.15) is 0 Å². The molecule has 1 N–H and O–H groups in total. The second-order valence-electron chi connectivity index (χ2n) is 9.41. The van der Waals surface area contributed by atoms with E-state index in [0.29, 0.717) is 0 Å². The molecule has 0 aliphatic carbocycles. The number of benzene rings is 4.